The van der Waals surface area contributed by atoms with Gasteiger partial charge < -0.3 is 9.32 Å². The minimum atomic E-state index is -0.0661. The minimum Gasteiger partial charge on any atom is -0.469 e. The number of rotatable bonds is 3. The molecule has 1 aromatic heterocycles. The van der Waals surface area contributed by atoms with Crippen molar-refractivity contribution in [3.63, 3.8) is 0 Å². The predicted octanol–water partition coefficient (Wildman–Crippen LogP) is 13.2. The standard InChI is InChI=1S/C55H50BNO/c1-33-27-42-39-19-14-20-40-49(39)52(58-51(40)37-22-21-34-15-12-13-18-36(34)29-37)56-45-31-43-44(55(7,8)26-25-54(43,5)6)32-47(45)57(48(28-33)50(42)56)46-24-23-38(53(2,3)4)30-41(46)35-16-10-9-11-17-35/h9-24,27-32H,25-26H2,1-8H3. The van der Waals surface area contributed by atoms with Gasteiger partial charge in [-0.25, -0.2) is 0 Å². The second kappa shape index (κ2) is 12.1. The number of aryl methyl sites for hydroxylation is 1. The molecule has 11 rings (SSSR count). The lowest BCUT2D eigenvalue weighted by atomic mass is 9.34. The van der Waals surface area contributed by atoms with Crippen molar-refractivity contribution in [2.24, 2.45) is 0 Å². The number of benzene rings is 7. The summed E-state index contributed by atoms with van der Waals surface area (Å²) in [6, 6.07) is 50.5. The van der Waals surface area contributed by atoms with Crippen LogP contribution >= 0.6 is 0 Å². The van der Waals surface area contributed by atoms with Gasteiger partial charge in [-0.05, 0) is 127 Å². The Morgan fingerprint density at radius 2 is 1.31 bits per heavy atom. The number of hydrogen-bond donors (Lipinski definition) is 0. The van der Waals surface area contributed by atoms with Crippen LogP contribution in [0.1, 0.15) is 83.6 Å². The molecule has 7 aromatic carbocycles. The molecule has 0 amide bonds. The van der Waals surface area contributed by atoms with Crippen molar-refractivity contribution in [1.82, 2.24) is 0 Å². The Morgan fingerprint density at radius 1 is 0.586 bits per heavy atom. The van der Waals surface area contributed by atoms with Crippen LogP contribution in [-0.2, 0) is 16.2 Å². The van der Waals surface area contributed by atoms with Gasteiger partial charge in [0.25, 0.3) is 6.71 Å². The van der Waals surface area contributed by atoms with Gasteiger partial charge >= 0.3 is 0 Å². The third-order valence-electron chi connectivity index (χ3n) is 13.9. The molecule has 2 nitrogen and oxygen atoms in total. The van der Waals surface area contributed by atoms with Crippen molar-refractivity contribution < 1.29 is 4.42 Å². The van der Waals surface area contributed by atoms with Crippen LogP contribution in [0.15, 0.2) is 138 Å². The number of furan rings is 1. The molecular weight excluding hydrogens is 701 g/mol. The number of fused-ring (bicyclic) bond motifs is 6. The van der Waals surface area contributed by atoms with E-state index in [0.29, 0.717) is 0 Å². The maximum atomic E-state index is 7.42. The quantitative estimate of drug-likeness (QED) is 0.167. The van der Waals surface area contributed by atoms with Gasteiger partial charge in [0, 0.05) is 33.3 Å². The highest BCUT2D eigenvalue weighted by Crippen LogP contribution is 2.51. The van der Waals surface area contributed by atoms with Crippen LogP contribution in [0.2, 0.25) is 0 Å². The van der Waals surface area contributed by atoms with E-state index in [9.17, 15) is 0 Å². The first-order chi connectivity index (χ1) is 27.8. The van der Waals surface area contributed by atoms with E-state index in [4.69, 9.17) is 4.42 Å². The molecule has 3 heteroatoms. The highest BCUT2D eigenvalue weighted by atomic mass is 16.3. The Bertz CT molecular complexity index is 3010. The second-order valence-corrected chi connectivity index (χ2v) is 19.7. The van der Waals surface area contributed by atoms with Crippen LogP contribution in [0.3, 0.4) is 0 Å². The first-order valence-corrected chi connectivity index (χ1v) is 21.2. The van der Waals surface area contributed by atoms with Gasteiger partial charge in [-0.1, -0.05) is 152 Å². The number of hydrogen-bond acceptors (Lipinski definition) is 2. The van der Waals surface area contributed by atoms with Crippen LogP contribution in [-0.4, -0.2) is 6.71 Å². The van der Waals surface area contributed by atoms with E-state index in [1.165, 1.54) is 94.0 Å². The first-order valence-electron chi connectivity index (χ1n) is 21.2. The SMILES string of the molecule is Cc1cc2c3c(c1)N(c1ccc(C(C)(C)C)cc1-c1ccccc1)c1cc4c(cc1B3c1oc(-c3ccc5ccccc5c3)c3cccc-2c13)C(C)(C)CCC4(C)C. The van der Waals surface area contributed by atoms with Crippen LogP contribution < -0.4 is 21.5 Å². The van der Waals surface area contributed by atoms with Crippen molar-refractivity contribution in [2.45, 2.75) is 84.5 Å². The maximum Gasteiger partial charge on any atom is 0.293 e. The fourth-order valence-corrected chi connectivity index (χ4v) is 10.6. The molecule has 3 aliphatic rings. The zero-order valence-corrected chi connectivity index (χ0v) is 35.0. The molecule has 0 saturated heterocycles. The molecule has 8 aromatic rings. The molecule has 3 heterocycles. The third kappa shape index (κ3) is 5.11. The minimum absolute atomic E-state index is 0.00125. The summed E-state index contributed by atoms with van der Waals surface area (Å²) in [5.41, 5.74) is 19.2. The fourth-order valence-electron chi connectivity index (χ4n) is 10.6. The van der Waals surface area contributed by atoms with Gasteiger partial charge in [-0.2, -0.15) is 0 Å². The average Bonchev–Trinajstić information content (AvgIpc) is 3.60. The Balaban J connectivity index is 1.26. The lowest BCUT2D eigenvalue weighted by molar-refractivity contribution is 0.332. The lowest BCUT2D eigenvalue weighted by Gasteiger charge is -2.46. The molecule has 1 aliphatic carbocycles. The van der Waals surface area contributed by atoms with E-state index in [1.54, 1.807) is 0 Å². The summed E-state index contributed by atoms with van der Waals surface area (Å²) >= 11 is 0. The van der Waals surface area contributed by atoms with E-state index in [0.717, 1.165) is 29.8 Å². The van der Waals surface area contributed by atoms with E-state index in [-0.39, 0.29) is 23.0 Å². The van der Waals surface area contributed by atoms with E-state index in [1.807, 2.05) is 0 Å². The van der Waals surface area contributed by atoms with Crippen LogP contribution in [0, 0.1) is 6.92 Å². The van der Waals surface area contributed by atoms with Crippen molar-refractivity contribution in [3.05, 3.63) is 156 Å². The van der Waals surface area contributed by atoms with Crippen LogP contribution in [0.4, 0.5) is 17.1 Å². The summed E-state index contributed by atoms with van der Waals surface area (Å²) in [4.78, 5) is 2.63. The van der Waals surface area contributed by atoms with Gasteiger partial charge in [0.1, 0.15) is 5.76 Å². The molecule has 0 spiro atoms. The largest absolute Gasteiger partial charge is 0.469 e. The topological polar surface area (TPSA) is 16.4 Å². The number of anilines is 3. The summed E-state index contributed by atoms with van der Waals surface area (Å²) in [5, 5.41) is 4.89. The molecule has 2 aliphatic heterocycles. The molecular formula is C55H50BNO. The van der Waals surface area contributed by atoms with Crippen molar-refractivity contribution in [3.8, 4) is 33.6 Å². The fraction of sp³-hybridized carbons (Fsp3) is 0.236. The van der Waals surface area contributed by atoms with Crippen molar-refractivity contribution >= 4 is 61.9 Å². The highest BCUT2D eigenvalue weighted by molar-refractivity contribution is 7.00. The summed E-state index contributed by atoms with van der Waals surface area (Å²) in [6.45, 7) is 19.0. The zero-order chi connectivity index (χ0) is 39.9. The van der Waals surface area contributed by atoms with Crippen LogP contribution in [0.5, 0.6) is 0 Å². The molecule has 0 fully saturated rings. The Morgan fingerprint density at radius 3 is 2.07 bits per heavy atom. The molecule has 58 heavy (non-hydrogen) atoms. The van der Waals surface area contributed by atoms with Crippen molar-refractivity contribution in [2.75, 3.05) is 4.90 Å². The van der Waals surface area contributed by atoms with Crippen LogP contribution in [0.25, 0.3) is 55.1 Å². The van der Waals surface area contributed by atoms with E-state index < -0.39 is 0 Å². The maximum absolute atomic E-state index is 7.42. The Labute approximate surface area is 343 Å². The van der Waals surface area contributed by atoms with E-state index in [2.05, 4.69) is 194 Å². The third-order valence-corrected chi connectivity index (χ3v) is 13.9. The highest BCUT2D eigenvalue weighted by Gasteiger charge is 2.47. The lowest BCUT2D eigenvalue weighted by Crippen LogP contribution is -2.59. The summed E-state index contributed by atoms with van der Waals surface area (Å²) in [6.07, 6.45) is 2.32. The van der Waals surface area contributed by atoms with E-state index >= 15 is 0 Å². The smallest absolute Gasteiger partial charge is 0.293 e. The predicted molar refractivity (Wildman–Crippen MR) is 248 cm³/mol. The molecule has 284 valence electrons. The van der Waals surface area contributed by atoms with Gasteiger partial charge in [-0.15, -0.1) is 0 Å². The summed E-state index contributed by atoms with van der Waals surface area (Å²) < 4.78 is 7.42. The molecule has 0 bridgehead atoms. The summed E-state index contributed by atoms with van der Waals surface area (Å²) in [5.74, 6) is 0.955. The Hall–Kier alpha value is -5.80. The zero-order valence-electron chi connectivity index (χ0n) is 35.0. The van der Waals surface area contributed by atoms with Crippen molar-refractivity contribution in [1.29, 1.82) is 0 Å². The normalized spacial score (nSPS) is 16.0. The second-order valence-electron chi connectivity index (χ2n) is 19.7. The molecule has 0 atom stereocenters. The average molecular weight is 752 g/mol. The van der Waals surface area contributed by atoms with Gasteiger partial charge in [0.2, 0.25) is 0 Å². The number of nitrogens with zero attached hydrogens (tertiary/aromatic N) is 1. The van der Waals surface area contributed by atoms with Gasteiger partial charge in [0.05, 0.1) is 11.3 Å². The van der Waals surface area contributed by atoms with Gasteiger partial charge in [-0.3, -0.25) is 0 Å². The Kier molecular flexibility index (Phi) is 7.39. The molecule has 0 radical (unpaired) electrons. The molecule has 0 unspecified atom stereocenters. The van der Waals surface area contributed by atoms with Gasteiger partial charge in [0.15, 0.2) is 0 Å². The molecule has 0 N–H and O–H groups in total. The summed E-state index contributed by atoms with van der Waals surface area (Å²) in [7, 11) is 0. The molecule has 0 saturated carbocycles. The first kappa shape index (κ1) is 35.4. The monoisotopic (exact) mass is 751 g/mol.